The number of anilines is 1. The molecule has 0 radical (unpaired) electrons. The minimum atomic E-state index is -0.193. The molecule has 3 amide bonds. The summed E-state index contributed by atoms with van der Waals surface area (Å²) in [6, 6.07) is 7.18. The molecule has 2 unspecified atom stereocenters. The molecule has 5 heteroatoms. The van der Waals surface area contributed by atoms with E-state index in [0.717, 1.165) is 6.42 Å². The number of carbonyl (C=O) groups is 2. The number of nitrogens with zero attached hydrogens (tertiary/aromatic N) is 1. The van der Waals surface area contributed by atoms with Crippen molar-refractivity contribution in [2.24, 2.45) is 5.92 Å². The van der Waals surface area contributed by atoms with Crippen LogP contribution in [0.1, 0.15) is 56.8 Å². The van der Waals surface area contributed by atoms with Crippen LogP contribution in [0.25, 0.3) is 0 Å². The van der Waals surface area contributed by atoms with Gasteiger partial charge >= 0.3 is 6.03 Å². The summed E-state index contributed by atoms with van der Waals surface area (Å²) >= 11 is 0. The summed E-state index contributed by atoms with van der Waals surface area (Å²) in [4.78, 5) is 26.4. The Morgan fingerprint density at radius 3 is 2.54 bits per heavy atom. The van der Waals surface area contributed by atoms with Crippen molar-refractivity contribution in [3.05, 3.63) is 29.8 Å². The van der Waals surface area contributed by atoms with Crippen LogP contribution in [0.4, 0.5) is 10.5 Å². The van der Waals surface area contributed by atoms with Crippen molar-refractivity contribution in [2.45, 2.75) is 52.5 Å². The number of carbonyl (C=O) groups excluding carboxylic acids is 2. The van der Waals surface area contributed by atoms with E-state index < -0.39 is 0 Å². The molecule has 5 nitrogen and oxygen atoms in total. The van der Waals surface area contributed by atoms with Gasteiger partial charge in [-0.25, -0.2) is 4.79 Å². The first-order valence-electron chi connectivity index (χ1n) is 9.02. The van der Waals surface area contributed by atoms with E-state index in [4.69, 9.17) is 0 Å². The van der Waals surface area contributed by atoms with Gasteiger partial charge in [0, 0.05) is 30.4 Å². The summed E-state index contributed by atoms with van der Waals surface area (Å²) in [6.07, 6.45) is 4.62. The van der Waals surface area contributed by atoms with Gasteiger partial charge in [0.1, 0.15) is 0 Å². The molecule has 0 heterocycles. The van der Waals surface area contributed by atoms with E-state index in [9.17, 15) is 9.59 Å². The Bertz CT molecular complexity index is 569. The minimum absolute atomic E-state index is 0.00930. The first kappa shape index (κ1) is 18.3. The summed E-state index contributed by atoms with van der Waals surface area (Å²) in [6.45, 7) is 7.46. The maximum atomic E-state index is 12.4. The number of hydrogen-bond donors (Lipinski definition) is 2. The predicted molar refractivity (Wildman–Crippen MR) is 97.3 cm³/mol. The van der Waals surface area contributed by atoms with Crippen molar-refractivity contribution in [1.29, 1.82) is 0 Å². The second-order valence-electron chi connectivity index (χ2n) is 6.52. The SMILES string of the molecule is CCN(CC)C(=O)c1cccc(NC(=O)NC2CCCCC2C)c1. The third-order valence-electron chi connectivity index (χ3n) is 4.85. The van der Waals surface area contributed by atoms with E-state index in [2.05, 4.69) is 17.6 Å². The number of nitrogens with one attached hydrogen (secondary N) is 2. The number of benzene rings is 1. The highest BCUT2D eigenvalue weighted by atomic mass is 16.2. The minimum Gasteiger partial charge on any atom is -0.339 e. The van der Waals surface area contributed by atoms with Crippen LogP contribution < -0.4 is 10.6 Å². The second-order valence-corrected chi connectivity index (χ2v) is 6.52. The Morgan fingerprint density at radius 1 is 1.17 bits per heavy atom. The van der Waals surface area contributed by atoms with Crippen LogP contribution in [0.5, 0.6) is 0 Å². The van der Waals surface area contributed by atoms with Gasteiger partial charge in [-0.05, 0) is 50.8 Å². The number of rotatable bonds is 5. The molecule has 24 heavy (non-hydrogen) atoms. The molecule has 0 aliphatic heterocycles. The van der Waals surface area contributed by atoms with E-state index in [1.165, 1.54) is 19.3 Å². The standard InChI is InChI=1S/C19H29N3O2/c1-4-22(5-2)18(23)15-10-8-11-16(13-15)20-19(24)21-17-12-7-6-9-14(17)3/h8,10-11,13-14,17H,4-7,9,12H2,1-3H3,(H2,20,21,24). The summed E-state index contributed by atoms with van der Waals surface area (Å²) < 4.78 is 0. The molecule has 2 N–H and O–H groups in total. The zero-order valence-electron chi connectivity index (χ0n) is 15.0. The Hall–Kier alpha value is -2.04. The van der Waals surface area contributed by atoms with Crippen LogP contribution in [0.2, 0.25) is 0 Å². The lowest BCUT2D eigenvalue weighted by atomic mass is 9.86. The first-order chi connectivity index (χ1) is 11.5. The van der Waals surface area contributed by atoms with Gasteiger partial charge in [0.25, 0.3) is 5.91 Å². The highest BCUT2D eigenvalue weighted by Gasteiger charge is 2.22. The van der Waals surface area contributed by atoms with Gasteiger partial charge < -0.3 is 15.5 Å². The average Bonchev–Trinajstić information content (AvgIpc) is 2.58. The molecule has 1 fully saturated rings. The maximum absolute atomic E-state index is 12.4. The van der Waals surface area contributed by atoms with Crippen LogP contribution in [-0.2, 0) is 0 Å². The van der Waals surface area contributed by atoms with Crippen LogP contribution >= 0.6 is 0 Å². The fourth-order valence-corrected chi connectivity index (χ4v) is 3.29. The highest BCUT2D eigenvalue weighted by Crippen LogP contribution is 2.23. The normalized spacial score (nSPS) is 20.3. The fourth-order valence-electron chi connectivity index (χ4n) is 3.29. The van der Waals surface area contributed by atoms with Crippen molar-refractivity contribution in [3.63, 3.8) is 0 Å². The Morgan fingerprint density at radius 2 is 1.88 bits per heavy atom. The van der Waals surface area contributed by atoms with E-state index in [-0.39, 0.29) is 18.0 Å². The second kappa shape index (κ2) is 8.71. The summed E-state index contributed by atoms with van der Waals surface area (Å²) in [5.41, 5.74) is 1.25. The Kier molecular flexibility index (Phi) is 6.64. The molecular formula is C19H29N3O2. The van der Waals surface area contributed by atoms with Gasteiger partial charge in [0.2, 0.25) is 0 Å². The molecule has 1 aliphatic carbocycles. The van der Waals surface area contributed by atoms with Crippen molar-refractivity contribution >= 4 is 17.6 Å². The molecule has 0 spiro atoms. The number of amides is 3. The van der Waals surface area contributed by atoms with E-state index >= 15 is 0 Å². The van der Waals surface area contributed by atoms with Crippen LogP contribution in [0.15, 0.2) is 24.3 Å². The molecule has 0 aromatic heterocycles. The first-order valence-corrected chi connectivity index (χ1v) is 9.02. The van der Waals surface area contributed by atoms with E-state index in [1.54, 1.807) is 23.1 Å². The molecule has 2 atom stereocenters. The molecule has 1 aliphatic rings. The van der Waals surface area contributed by atoms with Gasteiger partial charge in [-0.15, -0.1) is 0 Å². The molecule has 1 aromatic rings. The van der Waals surface area contributed by atoms with Gasteiger partial charge in [0.05, 0.1) is 0 Å². The third-order valence-corrected chi connectivity index (χ3v) is 4.85. The lowest BCUT2D eigenvalue weighted by molar-refractivity contribution is 0.0773. The third kappa shape index (κ3) is 4.73. The smallest absolute Gasteiger partial charge is 0.319 e. The van der Waals surface area contributed by atoms with Crippen LogP contribution in [-0.4, -0.2) is 36.0 Å². The zero-order valence-corrected chi connectivity index (χ0v) is 15.0. The summed E-state index contributed by atoms with van der Waals surface area (Å²) in [5.74, 6) is 0.505. The summed E-state index contributed by atoms with van der Waals surface area (Å²) in [5, 5.41) is 5.92. The largest absolute Gasteiger partial charge is 0.339 e. The summed E-state index contributed by atoms with van der Waals surface area (Å²) in [7, 11) is 0. The number of hydrogen-bond acceptors (Lipinski definition) is 2. The lowest BCUT2D eigenvalue weighted by Gasteiger charge is -2.29. The molecule has 0 bridgehead atoms. The van der Waals surface area contributed by atoms with Gasteiger partial charge in [-0.1, -0.05) is 25.8 Å². The topological polar surface area (TPSA) is 61.4 Å². The van der Waals surface area contributed by atoms with Crippen LogP contribution in [0, 0.1) is 5.92 Å². The lowest BCUT2D eigenvalue weighted by Crippen LogP contribution is -2.43. The van der Waals surface area contributed by atoms with Gasteiger partial charge in [-0.2, -0.15) is 0 Å². The molecular weight excluding hydrogens is 302 g/mol. The molecule has 0 saturated heterocycles. The average molecular weight is 331 g/mol. The molecule has 2 rings (SSSR count). The Labute approximate surface area is 144 Å². The quantitative estimate of drug-likeness (QED) is 0.860. The monoisotopic (exact) mass is 331 g/mol. The fraction of sp³-hybridized carbons (Fsp3) is 0.579. The van der Waals surface area contributed by atoms with Gasteiger partial charge in [0.15, 0.2) is 0 Å². The molecule has 1 saturated carbocycles. The van der Waals surface area contributed by atoms with Crippen LogP contribution in [0.3, 0.4) is 0 Å². The molecule has 132 valence electrons. The maximum Gasteiger partial charge on any atom is 0.319 e. The van der Waals surface area contributed by atoms with Crippen molar-refractivity contribution in [1.82, 2.24) is 10.2 Å². The van der Waals surface area contributed by atoms with Crippen molar-refractivity contribution in [3.8, 4) is 0 Å². The highest BCUT2D eigenvalue weighted by molar-refractivity contribution is 5.96. The van der Waals surface area contributed by atoms with Gasteiger partial charge in [-0.3, -0.25) is 4.79 Å². The predicted octanol–water partition coefficient (Wildman–Crippen LogP) is 3.87. The number of urea groups is 1. The van der Waals surface area contributed by atoms with Crippen molar-refractivity contribution in [2.75, 3.05) is 18.4 Å². The van der Waals surface area contributed by atoms with Crippen molar-refractivity contribution < 1.29 is 9.59 Å². The van der Waals surface area contributed by atoms with E-state index in [0.29, 0.717) is 30.3 Å². The zero-order chi connectivity index (χ0) is 17.5. The Balaban J connectivity index is 1.98. The molecule has 1 aromatic carbocycles. The van der Waals surface area contributed by atoms with E-state index in [1.807, 2.05) is 19.9 Å².